The number of amides is 5. The summed E-state index contributed by atoms with van der Waals surface area (Å²) in [5.74, 6) is -1.70. The number of hydroxylamine groups is 2. The molecule has 1 aliphatic heterocycles. The second-order valence-corrected chi connectivity index (χ2v) is 16.4. The molecule has 0 atom stereocenters. The zero-order valence-electron chi connectivity index (χ0n) is 39.7. The Kier molecular flexibility index (Phi) is 13.8. The summed E-state index contributed by atoms with van der Waals surface area (Å²) in [5, 5.41) is 17.0. The number of hydrogen-bond donors (Lipinski definition) is 5. The van der Waals surface area contributed by atoms with Crippen LogP contribution in [0.2, 0.25) is 0 Å². The Morgan fingerprint density at radius 3 is 1.28 bits per heavy atom. The van der Waals surface area contributed by atoms with E-state index in [1.807, 2.05) is 115 Å². The molecule has 11 rings (SSSR count). The fraction of sp³-hybridized carbons (Fsp3) is 0.0517. The lowest BCUT2D eigenvalue weighted by molar-refractivity contribution is -0.170. The first-order valence-electron chi connectivity index (χ1n) is 23.1. The van der Waals surface area contributed by atoms with E-state index in [0.29, 0.717) is 50.1 Å². The number of fused-ring (bicyclic) bond motifs is 4. The van der Waals surface area contributed by atoms with Crippen molar-refractivity contribution in [2.75, 3.05) is 27.9 Å². The summed E-state index contributed by atoms with van der Waals surface area (Å²) in [5.41, 5.74) is 12.8. The molecule has 14 heteroatoms. The van der Waals surface area contributed by atoms with E-state index in [4.69, 9.17) is 11.7 Å². The van der Waals surface area contributed by atoms with Crippen LogP contribution >= 0.6 is 12.5 Å². The van der Waals surface area contributed by atoms with Crippen LogP contribution in [0.15, 0.2) is 195 Å². The fourth-order valence-corrected chi connectivity index (χ4v) is 8.76. The molecule has 0 aliphatic carbocycles. The number of nitrogens with two attached hydrogens (primary N) is 1. The lowest BCUT2D eigenvalue weighted by atomic mass is 9.91. The highest BCUT2D eigenvalue weighted by Crippen LogP contribution is 2.45. The Bertz CT molecular complexity index is 3720. The van der Waals surface area contributed by atoms with E-state index in [2.05, 4.69) is 50.2 Å². The van der Waals surface area contributed by atoms with Crippen LogP contribution in [-0.2, 0) is 14.4 Å². The molecule has 1 saturated heterocycles. The van der Waals surface area contributed by atoms with Gasteiger partial charge in [0.25, 0.3) is 23.6 Å². The number of hydrogen-bond acceptors (Lipinski definition) is 10. The largest absolute Gasteiger partial charge is 0.436 e. The summed E-state index contributed by atoms with van der Waals surface area (Å²) >= 11 is 1.000. The fourth-order valence-electron chi connectivity index (χ4n) is 8.76. The maximum atomic E-state index is 13.2. The van der Waals surface area contributed by atoms with E-state index in [0.717, 1.165) is 66.7 Å². The zero-order chi connectivity index (χ0) is 50.8. The van der Waals surface area contributed by atoms with Crippen LogP contribution < -0.4 is 21.7 Å². The SMILES string of the molecule is Nc1ccc2ccccc2c1-c1c(NC(=O)c2cccnc2)ccc2ccccc12.O=C(Nc1ccc2ccccc2c1-c1c(NC(=O)c2cccnc2)ccc2ccccc12)ON1C(=O)CCC1=O.[2H]SC. The number of aromatic nitrogens is 2. The van der Waals surface area contributed by atoms with Crippen molar-refractivity contribution < 1.29 is 28.8 Å². The summed E-state index contributed by atoms with van der Waals surface area (Å²) in [4.78, 5) is 76.2. The van der Waals surface area contributed by atoms with E-state index in [1.54, 1.807) is 55.2 Å². The van der Waals surface area contributed by atoms with Crippen molar-refractivity contribution in [1.29, 1.82) is 1.12 Å². The minimum Gasteiger partial charge on any atom is -0.398 e. The van der Waals surface area contributed by atoms with Crippen LogP contribution in [0.3, 0.4) is 0 Å². The molecule has 0 radical (unpaired) electrons. The average Bonchev–Trinajstić information content (AvgIpc) is 3.74. The Morgan fingerprint density at radius 1 is 0.514 bits per heavy atom. The van der Waals surface area contributed by atoms with Crippen molar-refractivity contribution in [3.63, 3.8) is 0 Å². The number of thiol groups is 1. The van der Waals surface area contributed by atoms with Gasteiger partial charge in [0, 0.05) is 76.9 Å². The molecule has 0 spiro atoms. The lowest BCUT2D eigenvalue weighted by Gasteiger charge is -2.20. The molecular weight excluding hydrogens is 923 g/mol. The molecule has 3 heterocycles. The molecule has 0 unspecified atom stereocenters. The first kappa shape index (κ1) is 46.3. The normalized spacial score (nSPS) is 12.1. The summed E-state index contributed by atoms with van der Waals surface area (Å²) < 4.78 is 6.12. The van der Waals surface area contributed by atoms with E-state index in [1.165, 1.54) is 6.20 Å². The molecular formula is C58H45N7O6S. The molecule has 2 aromatic heterocycles. The van der Waals surface area contributed by atoms with Crippen molar-refractivity contribution in [3.8, 4) is 22.3 Å². The first-order chi connectivity index (χ1) is 35.6. The van der Waals surface area contributed by atoms with Gasteiger partial charge in [-0.2, -0.15) is 12.5 Å². The maximum absolute atomic E-state index is 13.2. The smallest absolute Gasteiger partial charge is 0.398 e. The van der Waals surface area contributed by atoms with Crippen molar-refractivity contribution in [2.45, 2.75) is 12.8 Å². The van der Waals surface area contributed by atoms with Crippen LogP contribution in [-0.4, -0.2) is 52.1 Å². The number of imide groups is 1. The summed E-state index contributed by atoms with van der Waals surface area (Å²) in [7, 11) is 0. The number of carbonyl (C=O) groups excluding carboxylic acids is 5. The molecule has 0 saturated carbocycles. The van der Waals surface area contributed by atoms with Crippen LogP contribution in [0.5, 0.6) is 0 Å². The predicted octanol–water partition coefficient (Wildman–Crippen LogP) is 12.4. The number of benzene rings is 8. The van der Waals surface area contributed by atoms with Gasteiger partial charge in [-0.3, -0.25) is 34.5 Å². The third kappa shape index (κ3) is 9.88. The predicted molar refractivity (Wildman–Crippen MR) is 289 cm³/mol. The maximum Gasteiger partial charge on any atom is 0.436 e. The molecule has 13 nitrogen and oxygen atoms in total. The van der Waals surface area contributed by atoms with Gasteiger partial charge in [-0.25, -0.2) is 4.79 Å². The second-order valence-electron chi connectivity index (χ2n) is 16.4. The Balaban J connectivity index is 0.000000177. The van der Waals surface area contributed by atoms with Crippen LogP contribution in [0, 0.1) is 0 Å². The van der Waals surface area contributed by atoms with Gasteiger partial charge >= 0.3 is 6.09 Å². The van der Waals surface area contributed by atoms with Gasteiger partial charge in [0.15, 0.2) is 0 Å². The van der Waals surface area contributed by atoms with Gasteiger partial charge in [-0.15, -0.1) is 5.06 Å². The number of pyridine rings is 2. The van der Waals surface area contributed by atoms with Crippen molar-refractivity contribution in [1.82, 2.24) is 15.0 Å². The standard InChI is InChI=1S/C31H22N4O5.C26H19N3O.CH4S/c36-26-15-16-27(37)35(26)40-31(39)34-25-14-12-20-7-2-4-10-23(20)29(25)28-22-9-3-1-6-19(22)11-13-24(28)33-30(38)21-8-5-17-32-18-21;27-22-13-11-17-6-1-3-9-20(17)24(22)25-21-10-4-2-7-18(21)12-14-23(25)29-26(30)19-8-5-15-28-16-19;1-2/h1-14,17-18H,15-16H2,(H,33,38)(H,34,39);1-16H,27H2,(H,29,30);2H,1H3/i/hD. The molecule has 1 aliphatic rings. The third-order valence-electron chi connectivity index (χ3n) is 12.0. The highest BCUT2D eigenvalue weighted by molar-refractivity contribution is 7.79. The lowest BCUT2D eigenvalue weighted by Crippen LogP contribution is -2.34. The molecule has 354 valence electrons. The number of anilines is 4. The van der Waals surface area contributed by atoms with Gasteiger partial charge in [-0.1, -0.05) is 121 Å². The molecule has 8 aromatic carbocycles. The van der Waals surface area contributed by atoms with E-state index in [-0.39, 0.29) is 24.7 Å². The number of carbonyl (C=O) groups is 5. The topological polar surface area (TPSA) is 186 Å². The summed E-state index contributed by atoms with van der Waals surface area (Å²) in [6, 6.07) is 53.7. The Hall–Kier alpha value is -9.40. The highest BCUT2D eigenvalue weighted by Gasteiger charge is 2.33. The highest BCUT2D eigenvalue weighted by atomic mass is 32.1. The van der Waals surface area contributed by atoms with Gasteiger partial charge in [0.1, 0.15) is 1.12 Å². The minimum atomic E-state index is -0.985. The van der Waals surface area contributed by atoms with E-state index < -0.39 is 17.9 Å². The van der Waals surface area contributed by atoms with Crippen molar-refractivity contribution >= 4 is 108 Å². The van der Waals surface area contributed by atoms with E-state index in [9.17, 15) is 24.0 Å². The quantitative estimate of drug-likeness (QED) is 0.0561. The summed E-state index contributed by atoms with van der Waals surface area (Å²) in [6.07, 6.45) is 6.98. The van der Waals surface area contributed by atoms with Crippen molar-refractivity contribution in [2.24, 2.45) is 0 Å². The summed E-state index contributed by atoms with van der Waals surface area (Å²) in [6.45, 7) is 0. The van der Waals surface area contributed by atoms with E-state index >= 15 is 0 Å². The van der Waals surface area contributed by atoms with Crippen LogP contribution in [0.4, 0.5) is 27.5 Å². The van der Waals surface area contributed by atoms with Gasteiger partial charge in [0.05, 0.1) is 16.8 Å². The molecule has 5 N–H and O–H groups in total. The van der Waals surface area contributed by atoms with Crippen LogP contribution in [0.1, 0.15) is 33.6 Å². The van der Waals surface area contributed by atoms with Gasteiger partial charge < -0.3 is 21.2 Å². The second kappa shape index (κ2) is 21.5. The van der Waals surface area contributed by atoms with Crippen LogP contribution in [0.25, 0.3) is 65.3 Å². The first-order valence-corrected chi connectivity index (χ1v) is 23.5. The Labute approximate surface area is 420 Å². The number of nitrogens with zero attached hydrogens (tertiary/aromatic N) is 3. The van der Waals surface area contributed by atoms with Gasteiger partial charge in [0.2, 0.25) is 0 Å². The number of nitrogen functional groups attached to an aromatic ring is 1. The zero-order valence-corrected chi connectivity index (χ0v) is 39.5. The van der Waals surface area contributed by atoms with Crippen molar-refractivity contribution in [3.05, 3.63) is 206 Å². The third-order valence-corrected chi connectivity index (χ3v) is 12.0. The number of nitrogens with one attached hydrogen (secondary N) is 3. The Morgan fingerprint density at radius 2 is 0.875 bits per heavy atom. The molecule has 0 bridgehead atoms. The number of rotatable bonds is 8. The monoisotopic (exact) mass is 968 g/mol. The molecule has 1 fully saturated rings. The minimum absolute atomic E-state index is 0.0106. The van der Waals surface area contributed by atoms with Gasteiger partial charge in [-0.05, 0) is 97.9 Å². The molecule has 5 amide bonds. The average molecular weight is 969 g/mol. The molecule has 72 heavy (non-hydrogen) atoms. The molecule has 10 aromatic rings.